The summed E-state index contributed by atoms with van der Waals surface area (Å²) in [6.45, 7) is 14.6. The van der Waals surface area contributed by atoms with Gasteiger partial charge in [0.15, 0.2) is 0 Å². The summed E-state index contributed by atoms with van der Waals surface area (Å²) in [5.74, 6) is 1.52. The van der Waals surface area contributed by atoms with Crippen molar-refractivity contribution in [3.05, 3.63) is 47.2 Å². The third kappa shape index (κ3) is 4.73. The number of hydrogen-bond acceptors (Lipinski definition) is 5. The predicted octanol–water partition coefficient (Wildman–Crippen LogP) is 3.71. The van der Waals surface area contributed by atoms with Crippen LogP contribution in [0.2, 0.25) is 0 Å². The number of carbonyl (C=O) groups is 1. The van der Waals surface area contributed by atoms with Gasteiger partial charge >= 0.3 is 0 Å². The number of hydrogen-bond donors (Lipinski definition) is 1. The molecule has 0 bridgehead atoms. The number of pyridine rings is 1. The summed E-state index contributed by atoms with van der Waals surface area (Å²) in [7, 11) is 0. The fourth-order valence-electron chi connectivity index (χ4n) is 3.09. The van der Waals surface area contributed by atoms with Gasteiger partial charge < -0.3 is 5.32 Å². The van der Waals surface area contributed by atoms with Gasteiger partial charge in [0.1, 0.15) is 11.6 Å². The maximum absolute atomic E-state index is 12.4. The van der Waals surface area contributed by atoms with Crippen LogP contribution in [0.4, 0.5) is 5.82 Å². The fourth-order valence-corrected chi connectivity index (χ4v) is 3.09. The zero-order valence-corrected chi connectivity index (χ0v) is 17.8. The highest BCUT2D eigenvalue weighted by Crippen LogP contribution is 2.25. The first-order valence-electron chi connectivity index (χ1n) is 9.87. The second-order valence-electron chi connectivity index (χ2n) is 9.59. The molecular formula is C22H31N5O. The van der Waals surface area contributed by atoms with Crippen molar-refractivity contribution in [1.82, 2.24) is 19.9 Å². The van der Waals surface area contributed by atoms with Gasteiger partial charge in [-0.25, -0.2) is 15.0 Å². The summed E-state index contributed by atoms with van der Waals surface area (Å²) in [5.41, 5.74) is 2.87. The first kappa shape index (κ1) is 20.4. The van der Waals surface area contributed by atoms with Crippen molar-refractivity contribution in [1.29, 1.82) is 0 Å². The molecule has 6 nitrogen and oxygen atoms in total. The molecule has 0 spiro atoms. The van der Waals surface area contributed by atoms with Crippen LogP contribution in [-0.2, 0) is 29.7 Å². The number of rotatable bonds is 3. The van der Waals surface area contributed by atoms with Gasteiger partial charge in [-0.05, 0) is 6.07 Å². The number of aromatic nitrogens is 3. The quantitative estimate of drug-likeness (QED) is 0.877. The van der Waals surface area contributed by atoms with Crippen LogP contribution in [0, 0.1) is 5.41 Å². The largest absolute Gasteiger partial charge is 0.310 e. The molecule has 3 heterocycles. The van der Waals surface area contributed by atoms with E-state index in [2.05, 4.69) is 41.0 Å². The van der Waals surface area contributed by atoms with E-state index >= 15 is 0 Å². The zero-order valence-electron chi connectivity index (χ0n) is 17.8. The number of nitrogens with one attached hydrogen (secondary N) is 1. The maximum Gasteiger partial charge on any atom is 0.230 e. The average Bonchev–Trinajstić information content (AvgIpc) is 2.61. The Hall–Kier alpha value is -2.34. The minimum absolute atomic E-state index is 0.0282. The zero-order chi connectivity index (χ0) is 20.5. The van der Waals surface area contributed by atoms with E-state index in [4.69, 9.17) is 4.98 Å². The lowest BCUT2D eigenvalue weighted by molar-refractivity contribution is -0.123. The molecule has 1 N–H and O–H groups in total. The molecule has 1 aliphatic rings. The van der Waals surface area contributed by atoms with E-state index in [1.807, 2.05) is 39.1 Å². The van der Waals surface area contributed by atoms with Crippen molar-refractivity contribution in [2.24, 2.45) is 5.41 Å². The molecule has 1 aliphatic heterocycles. The smallest absolute Gasteiger partial charge is 0.230 e. The van der Waals surface area contributed by atoms with E-state index in [0.717, 1.165) is 43.1 Å². The van der Waals surface area contributed by atoms with Gasteiger partial charge in [-0.2, -0.15) is 0 Å². The maximum atomic E-state index is 12.4. The Balaban J connectivity index is 1.74. The summed E-state index contributed by atoms with van der Waals surface area (Å²) in [4.78, 5) is 28.5. The van der Waals surface area contributed by atoms with Crippen LogP contribution in [0.1, 0.15) is 64.2 Å². The van der Waals surface area contributed by atoms with Gasteiger partial charge in [-0.15, -0.1) is 0 Å². The molecule has 2 aromatic rings. The molecule has 0 radical (unpaired) electrons. The molecule has 28 heavy (non-hydrogen) atoms. The minimum atomic E-state index is -0.457. The standard InChI is InChI=1S/C22H31N5O/c1-21(2,3)19-24-12-16-14-27(11-9-17(16)25-19)13-15-8-7-10-23-18(15)26-20(28)22(4,5)6/h7-8,10,12H,9,11,13-14H2,1-6H3,(H,23,26,28). The number of fused-ring (bicyclic) bond motifs is 1. The topological polar surface area (TPSA) is 71.0 Å². The van der Waals surface area contributed by atoms with Crippen LogP contribution < -0.4 is 5.32 Å². The Bertz CT molecular complexity index is 864. The molecular weight excluding hydrogens is 350 g/mol. The van der Waals surface area contributed by atoms with Gasteiger partial charge in [0.25, 0.3) is 0 Å². The van der Waals surface area contributed by atoms with E-state index < -0.39 is 5.41 Å². The van der Waals surface area contributed by atoms with E-state index in [-0.39, 0.29) is 11.3 Å². The molecule has 1 amide bonds. The van der Waals surface area contributed by atoms with Crippen molar-refractivity contribution in [2.45, 2.75) is 66.5 Å². The van der Waals surface area contributed by atoms with Crippen molar-refractivity contribution in [2.75, 3.05) is 11.9 Å². The summed E-state index contributed by atoms with van der Waals surface area (Å²) in [6, 6.07) is 3.94. The lowest BCUT2D eigenvalue weighted by atomic mass is 9.95. The normalized spacial score (nSPS) is 15.2. The summed E-state index contributed by atoms with van der Waals surface area (Å²) >= 11 is 0. The lowest BCUT2D eigenvalue weighted by Gasteiger charge is -2.29. The van der Waals surface area contributed by atoms with Gasteiger partial charge in [0, 0.05) is 66.1 Å². The number of nitrogens with zero attached hydrogens (tertiary/aromatic N) is 4. The van der Waals surface area contributed by atoms with E-state index in [1.165, 1.54) is 5.56 Å². The first-order valence-corrected chi connectivity index (χ1v) is 9.87. The number of anilines is 1. The molecule has 2 aromatic heterocycles. The first-order chi connectivity index (χ1) is 13.0. The Kier molecular flexibility index (Phi) is 5.53. The van der Waals surface area contributed by atoms with Crippen LogP contribution in [-0.4, -0.2) is 32.3 Å². The molecule has 6 heteroatoms. The highest BCUT2D eigenvalue weighted by atomic mass is 16.2. The van der Waals surface area contributed by atoms with Crippen molar-refractivity contribution in [3.63, 3.8) is 0 Å². The molecule has 0 unspecified atom stereocenters. The third-order valence-electron chi connectivity index (χ3n) is 4.88. The SMILES string of the molecule is CC(C)(C)C(=O)Nc1ncccc1CN1CCc2nc(C(C)(C)C)ncc2C1. The average molecular weight is 382 g/mol. The third-order valence-corrected chi connectivity index (χ3v) is 4.88. The summed E-state index contributed by atoms with van der Waals surface area (Å²) in [6.07, 6.45) is 4.60. The molecule has 0 atom stereocenters. The van der Waals surface area contributed by atoms with Crippen molar-refractivity contribution < 1.29 is 4.79 Å². The summed E-state index contributed by atoms with van der Waals surface area (Å²) in [5, 5.41) is 2.98. The van der Waals surface area contributed by atoms with Crippen LogP contribution in [0.5, 0.6) is 0 Å². The second kappa shape index (κ2) is 7.59. The Morgan fingerprint density at radius 3 is 2.61 bits per heavy atom. The highest BCUT2D eigenvalue weighted by molar-refractivity contribution is 5.94. The van der Waals surface area contributed by atoms with Crippen molar-refractivity contribution >= 4 is 11.7 Å². The van der Waals surface area contributed by atoms with Crippen LogP contribution in [0.3, 0.4) is 0 Å². The highest BCUT2D eigenvalue weighted by Gasteiger charge is 2.25. The van der Waals surface area contributed by atoms with Crippen LogP contribution in [0.15, 0.2) is 24.5 Å². The van der Waals surface area contributed by atoms with E-state index in [9.17, 15) is 4.79 Å². The predicted molar refractivity (Wildman–Crippen MR) is 111 cm³/mol. The molecule has 0 fully saturated rings. The van der Waals surface area contributed by atoms with E-state index in [0.29, 0.717) is 5.82 Å². The fraction of sp³-hybridized carbons (Fsp3) is 0.545. The van der Waals surface area contributed by atoms with Crippen molar-refractivity contribution in [3.8, 4) is 0 Å². The molecule has 3 rings (SSSR count). The monoisotopic (exact) mass is 381 g/mol. The molecule has 0 saturated heterocycles. The van der Waals surface area contributed by atoms with Crippen LogP contribution >= 0.6 is 0 Å². The Labute approximate surface area is 167 Å². The van der Waals surface area contributed by atoms with E-state index in [1.54, 1.807) is 6.20 Å². The summed E-state index contributed by atoms with van der Waals surface area (Å²) < 4.78 is 0. The Morgan fingerprint density at radius 1 is 1.18 bits per heavy atom. The van der Waals surface area contributed by atoms with Gasteiger partial charge in [0.2, 0.25) is 5.91 Å². The lowest BCUT2D eigenvalue weighted by Crippen LogP contribution is -2.33. The molecule has 0 aromatic carbocycles. The number of carbonyl (C=O) groups excluding carboxylic acids is 1. The number of amides is 1. The van der Waals surface area contributed by atoms with Gasteiger partial charge in [-0.3, -0.25) is 9.69 Å². The molecule has 0 saturated carbocycles. The van der Waals surface area contributed by atoms with Gasteiger partial charge in [-0.1, -0.05) is 47.6 Å². The Morgan fingerprint density at radius 2 is 1.93 bits per heavy atom. The molecule has 0 aliphatic carbocycles. The van der Waals surface area contributed by atoms with Gasteiger partial charge in [0.05, 0.1) is 0 Å². The minimum Gasteiger partial charge on any atom is -0.310 e. The molecule has 150 valence electrons. The second-order valence-corrected chi connectivity index (χ2v) is 9.59. The van der Waals surface area contributed by atoms with Crippen LogP contribution in [0.25, 0.3) is 0 Å².